The van der Waals surface area contributed by atoms with Gasteiger partial charge in [-0.3, -0.25) is 28.2 Å². The highest BCUT2D eigenvalue weighted by Gasteiger charge is 2.38. The first-order chi connectivity index (χ1) is 25.4. The summed E-state index contributed by atoms with van der Waals surface area (Å²) in [5.74, 6) is 0.926. The molecule has 53 heavy (non-hydrogen) atoms. The van der Waals surface area contributed by atoms with Gasteiger partial charge in [-0.05, 0) is 54.3 Å². The number of aromatic amines is 1. The highest BCUT2D eigenvalue weighted by Crippen LogP contribution is 2.46. The Kier molecular flexibility index (Phi) is 12.2. The zero-order valence-corrected chi connectivity index (χ0v) is 30.7. The maximum Gasteiger partial charge on any atom is 0.347 e. The number of H-pyrrole nitrogens is 1. The molecule has 5 rings (SSSR count). The Balaban J connectivity index is 1.57. The molecule has 2 N–H and O–H groups in total. The monoisotopic (exact) mass is 744 g/mol. The Labute approximate surface area is 305 Å². The van der Waals surface area contributed by atoms with Gasteiger partial charge in [0.25, 0.3) is 5.56 Å². The quantitative estimate of drug-likeness (QED) is 0.0647. The van der Waals surface area contributed by atoms with Crippen molar-refractivity contribution in [1.82, 2.24) is 14.5 Å². The van der Waals surface area contributed by atoms with Crippen molar-refractivity contribution in [3.05, 3.63) is 157 Å². The Hall–Kier alpha value is -5.69. The first-order valence-corrected chi connectivity index (χ1v) is 18.3. The van der Waals surface area contributed by atoms with Gasteiger partial charge in [0.2, 0.25) is 11.6 Å². The standard InChI is InChI=1S/C38H41N4O10P/c1-27-23-41(37(45)39-36(27)44)24-35(43)40(26-53(47,48)52-25-31-22-34(51-4)18-20-42(31)46)21-19-38(28-8-6-5-7-9-28,29-10-14-32(49-2)15-11-29)30-12-16-33(50-3)17-13-30/h5-18,20,22-23H,19,21,24-26H2,1-4H3,(H,47,48)(H,39,44,45). The number of pyridine rings is 1. The zero-order chi connectivity index (χ0) is 38.2. The van der Waals surface area contributed by atoms with E-state index in [-0.39, 0.29) is 24.2 Å². The van der Waals surface area contributed by atoms with Gasteiger partial charge in [0, 0.05) is 29.8 Å². The fourth-order valence-corrected chi connectivity index (χ4v) is 7.28. The van der Waals surface area contributed by atoms with Gasteiger partial charge >= 0.3 is 13.3 Å². The predicted molar refractivity (Wildman–Crippen MR) is 196 cm³/mol. The molecule has 278 valence electrons. The molecule has 2 heterocycles. The Morgan fingerprint density at radius 3 is 2.02 bits per heavy atom. The number of aryl methyl sites for hydroxylation is 1. The van der Waals surface area contributed by atoms with Crippen LogP contribution >= 0.6 is 7.60 Å². The molecule has 0 spiro atoms. The maximum absolute atomic E-state index is 14.1. The maximum atomic E-state index is 14.1. The van der Waals surface area contributed by atoms with Crippen LogP contribution in [0.25, 0.3) is 0 Å². The summed E-state index contributed by atoms with van der Waals surface area (Å²) in [6.45, 7) is 0.292. The number of nitrogens with zero attached hydrogens (tertiary/aromatic N) is 3. The number of aromatic nitrogens is 3. The molecule has 0 radical (unpaired) electrons. The van der Waals surface area contributed by atoms with Crippen molar-refractivity contribution in [2.24, 2.45) is 0 Å². The van der Waals surface area contributed by atoms with Gasteiger partial charge in [-0.15, -0.1) is 0 Å². The number of hydrogen-bond acceptors (Lipinski definition) is 9. The lowest BCUT2D eigenvalue weighted by Gasteiger charge is -2.38. The van der Waals surface area contributed by atoms with Gasteiger partial charge in [0.05, 0.1) is 27.4 Å². The molecule has 0 saturated heterocycles. The van der Waals surface area contributed by atoms with Gasteiger partial charge in [0.1, 0.15) is 36.7 Å². The summed E-state index contributed by atoms with van der Waals surface area (Å²) >= 11 is 0. The highest BCUT2D eigenvalue weighted by atomic mass is 31.2. The third-order valence-electron chi connectivity index (χ3n) is 9.00. The molecule has 1 amide bonds. The average Bonchev–Trinajstić information content (AvgIpc) is 3.17. The SMILES string of the molecule is COc1ccc(C(CCN(CP(=O)(O)OCc2cc(OC)cc[n+]2[O-])C(=O)Cn2cc(C)c(=O)[nH]c2=O)(c2ccccc2)c2ccc(OC)cc2)cc1. The lowest BCUT2D eigenvalue weighted by Crippen LogP contribution is -2.42. The van der Waals surface area contributed by atoms with Crippen LogP contribution in [0, 0.1) is 12.1 Å². The number of rotatable bonds is 16. The minimum absolute atomic E-state index is 0.00822. The molecule has 0 aliphatic heterocycles. The van der Waals surface area contributed by atoms with Crippen LogP contribution in [0.4, 0.5) is 0 Å². The number of ether oxygens (including phenoxy) is 3. The number of hydrogen-bond donors (Lipinski definition) is 2. The van der Waals surface area contributed by atoms with E-state index >= 15 is 0 Å². The second kappa shape index (κ2) is 16.8. The molecule has 0 aliphatic carbocycles. The fourth-order valence-electron chi connectivity index (χ4n) is 6.13. The molecule has 2 aromatic heterocycles. The van der Waals surface area contributed by atoms with Crippen molar-refractivity contribution in [3.63, 3.8) is 0 Å². The predicted octanol–water partition coefficient (Wildman–Crippen LogP) is 4.12. The van der Waals surface area contributed by atoms with Gasteiger partial charge in [-0.2, -0.15) is 4.73 Å². The molecule has 0 saturated carbocycles. The van der Waals surface area contributed by atoms with Crippen LogP contribution in [0.15, 0.2) is 113 Å². The first kappa shape index (κ1) is 38.5. The Morgan fingerprint density at radius 1 is 0.887 bits per heavy atom. The zero-order valence-electron chi connectivity index (χ0n) is 29.8. The summed E-state index contributed by atoms with van der Waals surface area (Å²) in [4.78, 5) is 53.4. The number of nitrogens with one attached hydrogen (secondary N) is 1. The third-order valence-corrected chi connectivity index (χ3v) is 10.2. The summed E-state index contributed by atoms with van der Waals surface area (Å²) < 4.78 is 36.7. The number of methoxy groups -OCH3 is 3. The van der Waals surface area contributed by atoms with Crippen LogP contribution in [0.3, 0.4) is 0 Å². The normalized spacial score (nSPS) is 12.5. The van der Waals surface area contributed by atoms with Crippen molar-refractivity contribution in [3.8, 4) is 17.2 Å². The van der Waals surface area contributed by atoms with Gasteiger partial charge in [0.15, 0.2) is 6.20 Å². The molecule has 0 fully saturated rings. The van der Waals surface area contributed by atoms with Gasteiger partial charge < -0.3 is 29.2 Å². The molecular formula is C38H41N4O10P. The van der Waals surface area contributed by atoms with E-state index in [2.05, 4.69) is 4.98 Å². The van der Waals surface area contributed by atoms with Crippen molar-refractivity contribution in [1.29, 1.82) is 0 Å². The number of amides is 1. The lowest BCUT2D eigenvalue weighted by molar-refractivity contribution is -0.616. The minimum Gasteiger partial charge on any atom is -0.618 e. The van der Waals surface area contributed by atoms with Crippen molar-refractivity contribution in [2.75, 3.05) is 34.2 Å². The van der Waals surface area contributed by atoms with E-state index in [1.54, 1.807) is 14.2 Å². The molecule has 0 bridgehead atoms. The molecule has 0 aliphatic rings. The van der Waals surface area contributed by atoms with Crippen molar-refractivity contribution >= 4 is 13.5 Å². The number of carbonyl (C=O) groups is 1. The number of carbonyl (C=O) groups excluding carboxylic acids is 1. The van der Waals surface area contributed by atoms with Crippen LogP contribution < -0.4 is 30.2 Å². The molecule has 1 atom stereocenters. The topological polar surface area (TPSA) is 176 Å². The molecule has 14 nitrogen and oxygen atoms in total. The highest BCUT2D eigenvalue weighted by molar-refractivity contribution is 7.52. The van der Waals surface area contributed by atoms with E-state index in [1.165, 1.54) is 38.6 Å². The Bertz CT molecular complexity index is 2140. The van der Waals surface area contributed by atoms with Gasteiger partial charge in [-0.25, -0.2) is 4.79 Å². The van der Waals surface area contributed by atoms with E-state index in [0.717, 1.165) is 26.2 Å². The summed E-state index contributed by atoms with van der Waals surface area (Å²) in [6, 6.07) is 27.5. The summed E-state index contributed by atoms with van der Waals surface area (Å²) in [7, 11) is -0.0738. The average molecular weight is 745 g/mol. The summed E-state index contributed by atoms with van der Waals surface area (Å²) in [6.07, 6.45) is 1.85. The lowest BCUT2D eigenvalue weighted by atomic mass is 9.67. The Morgan fingerprint density at radius 2 is 1.45 bits per heavy atom. The number of benzene rings is 3. The second-order valence-corrected chi connectivity index (χ2v) is 14.1. The molecule has 3 aromatic carbocycles. The molecular weight excluding hydrogens is 703 g/mol. The van der Waals surface area contributed by atoms with Gasteiger partial charge in [-0.1, -0.05) is 54.6 Å². The second-order valence-electron chi connectivity index (χ2n) is 12.3. The van der Waals surface area contributed by atoms with Crippen molar-refractivity contribution in [2.45, 2.75) is 31.9 Å². The van der Waals surface area contributed by atoms with Crippen molar-refractivity contribution < 1.29 is 37.7 Å². The minimum atomic E-state index is -4.63. The molecule has 15 heteroatoms. The summed E-state index contributed by atoms with van der Waals surface area (Å²) in [5, 5.41) is 12.4. The van der Waals surface area contributed by atoms with E-state index in [9.17, 15) is 29.0 Å². The molecule has 5 aromatic rings. The van der Waals surface area contributed by atoms with E-state index in [4.69, 9.17) is 18.7 Å². The van der Waals surface area contributed by atoms with E-state index < -0.39 is 49.6 Å². The van der Waals surface area contributed by atoms with Crippen LogP contribution in [-0.4, -0.2) is 59.4 Å². The van der Waals surface area contributed by atoms with E-state index in [1.807, 2.05) is 78.9 Å². The smallest absolute Gasteiger partial charge is 0.347 e. The van der Waals surface area contributed by atoms with Crippen LogP contribution in [0.1, 0.15) is 34.4 Å². The van der Waals surface area contributed by atoms with Crippen LogP contribution in [0.5, 0.6) is 17.2 Å². The fraction of sp³-hybridized carbons (Fsp3) is 0.263. The van der Waals surface area contributed by atoms with Crippen LogP contribution in [0.2, 0.25) is 0 Å². The largest absolute Gasteiger partial charge is 0.618 e. The third kappa shape index (κ3) is 9.04. The van der Waals surface area contributed by atoms with E-state index in [0.29, 0.717) is 22.0 Å². The first-order valence-electron chi connectivity index (χ1n) is 16.5. The molecule has 1 unspecified atom stereocenters. The van der Waals surface area contributed by atoms with Crippen LogP contribution in [-0.2, 0) is 32.4 Å². The summed E-state index contributed by atoms with van der Waals surface area (Å²) in [5.41, 5.74) is 0.427.